The third kappa shape index (κ3) is 10.3. The number of nitrogens with one attached hydrogen (secondary N) is 1. The predicted octanol–water partition coefficient (Wildman–Crippen LogP) is 5.97. The topological polar surface area (TPSA) is 98.5 Å². The number of hydrogen-bond donors (Lipinski definition) is 1. The van der Waals surface area contributed by atoms with Crippen molar-refractivity contribution in [1.82, 2.24) is 5.32 Å². The molecule has 0 heterocycles. The molecule has 0 saturated carbocycles. The maximum atomic E-state index is 12.6. The molecular formula is C26H34N2O5. The minimum atomic E-state index is -0.523. The van der Waals surface area contributed by atoms with Crippen LogP contribution in [0, 0.1) is 10.1 Å². The van der Waals surface area contributed by atoms with Gasteiger partial charge in [0.25, 0.3) is 5.69 Å². The fourth-order valence-corrected chi connectivity index (χ4v) is 3.53. The van der Waals surface area contributed by atoms with E-state index in [0.29, 0.717) is 19.4 Å². The van der Waals surface area contributed by atoms with Crippen molar-refractivity contribution in [3.05, 3.63) is 75.8 Å². The molecule has 0 spiro atoms. The molecule has 2 aromatic carbocycles. The monoisotopic (exact) mass is 454 g/mol. The largest absolute Gasteiger partial charge is 0.459 e. The molecule has 0 radical (unpaired) electrons. The molecule has 0 aliphatic heterocycles. The summed E-state index contributed by atoms with van der Waals surface area (Å²) < 4.78 is 5.69. The summed E-state index contributed by atoms with van der Waals surface area (Å²) in [6.07, 6.45) is 7.76. The van der Waals surface area contributed by atoms with Gasteiger partial charge in [-0.15, -0.1) is 0 Å². The maximum absolute atomic E-state index is 12.6. The van der Waals surface area contributed by atoms with Crippen LogP contribution in [0.1, 0.15) is 80.6 Å². The van der Waals surface area contributed by atoms with Crippen LogP contribution in [0.4, 0.5) is 5.69 Å². The van der Waals surface area contributed by atoms with Crippen LogP contribution in [0.2, 0.25) is 0 Å². The molecule has 1 atom stereocenters. The molecule has 0 bridgehead atoms. The highest BCUT2D eigenvalue weighted by atomic mass is 16.6. The number of rotatable bonds is 15. The van der Waals surface area contributed by atoms with Crippen LogP contribution in [0.25, 0.3) is 0 Å². The summed E-state index contributed by atoms with van der Waals surface area (Å²) in [6.45, 7) is 2.64. The zero-order valence-corrected chi connectivity index (χ0v) is 19.3. The summed E-state index contributed by atoms with van der Waals surface area (Å²) in [4.78, 5) is 35.2. The van der Waals surface area contributed by atoms with Gasteiger partial charge in [-0.25, -0.2) is 4.79 Å². The standard InChI is InChI=1S/C26H34N2O5/c1-2-3-4-5-6-10-13-24(18-19-25(29)27-20-21-11-8-7-9-12-21)33-26(30)22-14-16-23(17-15-22)28(31)32/h7-9,11-12,14-17,24H,2-6,10,13,18-20H2,1H3,(H,27,29)/t24-/m0/s1. The van der Waals surface area contributed by atoms with E-state index < -0.39 is 10.9 Å². The number of nitro benzene ring substituents is 1. The Balaban J connectivity index is 1.87. The number of unbranched alkanes of at least 4 members (excludes halogenated alkanes) is 5. The smallest absolute Gasteiger partial charge is 0.338 e. The Hall–Kier alpha value is -3.22. The molecule has 1 amide bonds. The first-order valence-electron chi connectivity index (χ1n) is 11.8. The molecule has 0 fully saturated rings. The first-order chi connectivity index (χ1) is 16.0. The van der Waals surface area contributed by atoms with Gasteiger partial charge in [0, 0.05) is 25.1 Å². The molecule has 2 aromatic rings. The van der Waals surface area contributed by atoms with E-state index in [0.717, 1.165) is 24.8 Å². The van der Waals surface area contributed by atoms with Crippen molar-refractivity contribution in [2.75, 3.05) is 0 Å². The highest BCUT2D eigenvalue weighted by Crippen LogP contribution is 2.18. The average molecular weight is 455 g/mol. The van der Waals surface area contributed by atoms with E-state index in [1.54, 1.807) is 0 Å². The molecule has 0 aromatic heterocycles. The van der Waals surface area contributed by atoms with Crippen molar-refractivity contribution in [3.8, 4) is 0 Å². The lowest BCUT2D eigenvalue weighted by atomic mass is 10.0. The molecule has 2 rings (SSSR count). The fraction of sp³-hybridized carbons (Fsp3) is 0.462. The molecule has 0 aliphatic rings. The number of non-ortho nitro benzene ring substituents is 1. The van der Waals surface area contributed by atoms with Crippen LogP contribution in [0.3, 0.4) is 0 Å². The molecule has 178 valence electrons. The number of ether oxygens (including phenoxy) is 1. The molecule has 7 heteroatoms. The van der Waals surface area contributed by atoms with Crippen LogP contribution >= 0.6 is 0 Å². The minimum absolute atomic E-state index is 0.0785. The first-order valence-corrected chi connectivity index (χ1v) is 11.8. The third-order valence-corrected chi connectivity index (χ3v) is 5.49. The van der Waals surface area contributed by atoms with Gasteiger partial charge in [0.15, 0.2) is 0 Å². The molecule has 1 N–H and O–H groups in total. The quantitative estimate of drug-likeness (QED) is 0.155. The average Bonchev–Trinajstić information content (AvgIpc) is 2.83. The van der Waals surface area contributed by atoms with Crippen molar-refractivity contribution in [1.29, 1.82) is 0 Å². The lowest BCUT2D eigenvalue weighted by Crippen LogP contribution is -2.25. The van der Waals surface area contributed by atoms with Gasteiger partial charge in [0.2, 0.25) is 5.91 Å². The van der Waals surface area contributed by atoms with E-state index in [1.807, 2.05) is 30.3 Å². The van der Waals surface area contributed by atoms with Crippen molar-refractivity contribution in [3.63, 3.8) is 0 Å². The Morgan fingerprint density at radius 3 is 2.27 bits per heavy atom. The number of esters is 1. The highest BCUT2D eigenvalue weighted by Gasteiger charge is 2.18. The maximum Gasteiger partial charge on any atom is 0.338 e. The molecule has 0 unspecified atom stereocenters. The van der Waals surface area contributed by atoms with Gasteiger partial charge in [-0.1, -0.05) is 69.4 Å². The normalized spacial score (nSPS) is 11.5. The van der Waals surface area contributed by atoms with Gasteiger partial charge in [0.05, 0.1) is 10.5 Å². The Morgan fingerprint density at radius 2 is 1.61 bits per heavy atom. The van der Waals surface area contributed by atoms with E-state index in [9.17, 15) is 19.7 Å². The number of nitrogens with zero attached hydrogens (tertiary/aromatic N) is 1. The van der Waals surface area contributed by atoms with Gasteiger partial charge in [-0.3, -0.25) is 14.9 Å². The SMILES string of the molecule is CCCCCCCC[C@@H](CCC(=O)NCc1ccccc1)OC(=O)c1ccc([N+](=O)[O-])cc1. The number of amides is 1. The summed E-state index contributed by atoms with van der Waals surface area (Å²) in [5, 5.41) is 13.7. The van der Waals surface area contributed by atoms with Gasteiger partial charge >= 0.3 is 5.97 Å². The van der Waals surface area contributed by atoms with Gasteiger partial charge in [-0.05, 0) is 37.0 Å². The lowest BCUT2D eigenvalue weighted by molar-refractivity contribution is -0.384. The van der Waals surface area contributed by atoms with Gasteiger partial charge < -0.3 is 10.1 Å². The van der Waals surface area contributed by atoms with Crippen LogP contribution in [0.15, 0.2) is 54.6 Å². The van der Waals surface area contributed by atoms with E-state index in [-0.39, 0.29) is 29.7 Å². The lowest BCUT2D eigenvalue weighted by Gasteiger charge is -2.18. The molecule has 7 nitrogen and oxygen atoms in total. The van der Waals surface area contributed by atoms with Crippen molar-refractivity contribution >= 4 is 17.6 Å². The van der Waals surface area contributed by atoms with E-state index in [2.05, 4.69) is 12.2 Å². The Morgan fingerprint density at radius 1 is 0.939 bits per heavy atom. The van der Waals surface area contributed by atoms with Crippen LogP contribution in [0.5, 0.6) is 0 Å². The number of carbonyl (C=O) groups excluding carboxylic acids is 2. The second kappa shape index (κ2) is 14.8. The van der Waals surface area contributed by atoms with Crippen LogP contribution in [-0.4, -0.2) is 22.9 Å². The van der Waals surface area contributed by atoms with Crippen LogP contribution in [-0.2, 0) is 16.1 Å². The number of benzene rings is 2. The third-order valence-electron chi connectivity index (χ3n) is 5.49. The van der Waals surface area contributed by atoms with E-state index >= 15 is 0 Å². The fourth-order valence-electron chi connectivity index (χ4n) is 3.53. The zero-order chi connectivity index (χ0) is 23.9. The van der Waals surface area contributed by atoms with Crippen molar-refractivity contribution in [2.45, 2.75) is 77.4 Å². The number of hydrogen-bond acceptors (Lipinski definition) is 5. The number of nitro groups is 1. The second-order valence-electron chi connectivity index (χ2n) is 8.19. The molecule has 33 heavy (non-hydrogen) atoms. The second-order valence-corrected chi connectivity index (χ2v) is 8.19. The van der Waals surface area contributed by atoms with Crippen molar-refractivity contribution in [2.24, 2.45) is 0 Å². The molecule has 0 saturated heterocycles. The van der Waals surface area contributed by atoms with Gasteiger partial charge in [0.1, 0.15) is 6.10 Å². The number of carbonyl (C=O) groups is 2. The summed E-state index contributed by atoms with van der Waals surface area (Å²) >= 11 is 0. The first kappa shape index (κ1) is 26.0. The molecule has 0 aliphatic carbocycles. The summed E-state index contributed by atoms with van der Waals surface area (Å²) in [7, 11) is 0. The van der Waals surface area contributed by atoms with Crippen molar-refractivity contribution < 1.29 is 19.2 Å². The molecular weight excluding hydrogens is 420 g/mol. The van der Waals surface area contributed by atoms with E-state index in [4.69, 9.17) is 4.74 Å². The van der Waals surface area contributed by atoms with E-state index in [1.165, 1.54) is 43.5 Å². The van der Waals surface area contributed by atoms with Gasteiger partial charge in [-0.2, -0.15) is 0 Å². The Labute approximate surface area is 195 Å². The Bertz CT molecular complexity index is 868. The predicted molar refractivity (Wildman–Crippen MR) is 128 cm³/mol. The Kier molecular flexibility index (Phi) is 11.7. The zero-order valence-electron chi connectivity index (χ0n) is 19.3. The summed E-state index contributed by atoms with van der Waals surface area (Å²) in [5.74, 6) is -0.608. The minimum Gasteiger partial charge on any atom is -0.459 e. The van der Waals surface area contributed by atoms with Crippen LogP contribution < -0.4 is 5.32 Å². The summed E-state index contributed by atoms with van der Waals surface area (Å²) in [6, 6.07) is 15.1. The summed E-state index contributed by atoms with van der Waals surface area (Å²) in [5.41, 5.74) is 1.21. The highest BCUT2D eigenvalue weighted by molar-refractivity contribution is 5.89.